The molecule has 1 unspecified atom stereocenters. The highest BCUT2D eigenvalue weighted by molar-refractivity contribution is 5.73. The maximum absolute atomic E-state index is 11.2. The topological polar surface area (TPSA) is 83.0 Å². The molecular weight excluding hydrogens is 172 g/mol. The summed E-state index contributed by atoms with van der Waals surface area (Å²) in [6, 6.07) is -0.482. The number of ether oxygens (including phenoxy) is 1. The second-order valence-corrected chi connectivity index (χ2v) is 2.55. The lowest BCUT2D eigenvalue weighted by Crippen LogP contribution is -2.19. The molecule has 6 heteroatoms. The van der Waals surface area contributed by atoms with Crippen molar-refractivity contribution in [3.8, 4) is 0 Å². The Balaban J connectivity index is 2.67. The number of carbonyl (C=O) groups is 1. The summed E-state index contributed by atoms with van der Waals surface area (Å²) in [7, 11) is 0. The van der Waals surface area contributed by atoms with E-state index >= 15 is 0 Å². The van der Waals surface area contributed by atoms with Gasteiger partial charge in [0.15, 0.2) is 5.82 Å². The minimum Gasteiger partial charge on any atom is -0.464 e. The molecule has 0 fully saturated rings. The molecule has 0 aromatic carbocycles. The standard InChI is InChI=1S/C7H12N4O2/c1-3-13-7(12)5(2)11-4-6(8)9-10-11/h4-5H,3,8H2,1-2H3. The van der Waals surface area contributed by atoms with Crippen molar-refractivity contribution in [3.05, 3.63) is 6.20 Å². The largest absolute Gasteiger partial charge is 0.464 e. The van der Waals surface area contributed by atoms with E-state index in [4.69, 9.17) is 10.5 Å². The first-order valence-electron chi connectivity index (χ1n) is 3.99. The average Bonchev–Trinajstić information content (AvgIpc) is 2.51. The van der Waals surface area contributed by atoms with Crippen LogP contribution in [0.4, 0.5) is 5.82 Å². The second kappa shape index (κ2) is 3.88. The molecule has 0 saturated carbocycles. The van der Waals surface area contributed by atoms with E-state index in [0.717, 1.165) is 0 Å². The predicted octanol–water partition coefficient (Wildman–Crippen LogP) is -0.0156. The Kier molecular flexibility index (Phi) is 2.84. The maximum Gasteiger partial charge on any atom is 0.330 e. The number of hydrogen-bond donors (Lipinski definition) is 1. The Morgan fingerprint density at radius 1 is 1.85 bits per heavy atom. The van der Waals surface area contributed by atoms with Crippen LogP contribution >= 0.6 is 0 Å². The summed E-state index contributed by atoms with van der Waals surface area (Å²) in [5.74, 6) is -0.0523. The van der Waals surface area contributed by atoms with Gasteiger partial charge in [0.2, 0.25) is 0 Å². The Labute approximate surface area is 75.7 Å². The third-order valence-corrected chi connectivity index (χ3v) is 1.55. The Morgan fingerprint density at radius 3 is 3.00 bits per heavy atom. The first-order chi connectivity index (χ1) is 6.15. The Hall–Kier alpha value is -1.59. The van der Waals surface area contributed by atoms with E-state index in [9.17, 15) is 4.79 Å². The van der Waals surface area contributed by atoms with Crippen LogP contribution in [0.1, 0.15) is 19.9 Å². The van der Waals surface area contributed by atoms with Crippen LogP contribution in [0.5, 0.6) is 0 Å². The van der Waals surface area contributed by atoms with Gasteiger partial charge in [-0.25, -0.2) is 9.48 Å². The number of esters is 1. The summed E-state index contributed by atoms with van der Waals surface area (Å²) in [4.78, 5) is 11.2. The van der Waals surface area contributed by atoms with Crippen LogP contribution in [0, 0.1) is 0 Å². The molecule has 0 bridgehead atoms. The van der Waals surface area contributed by atoms with E-state index in [-0.39, 0.29) is 11.8 Å². The van der Waals surface area contributed by atoms with Crippen LogP contribution < -0.4 is 5.73 Å². The van der Waals surface area contributed by atoms with E-state index in [1.54, 1.807) is 13.8 Å². The number of anilines is 1. The van der Waals surface area contributed by atoms with Crippen molar-refractivity contribution in [2.24, 2.45) is 0 Å². The zero-order valence-corrected chi connectivity index (χ0v) is 7.60. The van der Waals surface area contributed by atoms with Crippen molar-refractivity contribution in [1.29, 1.82) is 0 Å². The number of nitrogens with two attached hydrogens (primary N) is 1. The number of aromatic nitrogens is 3. The van der Waals surface area contributed by atoms with Gasteiger partial charge in [-0.1, -0.05) is 5.21 Å². The Morgan fingerprint density at radius 2 is 2.54 bits per heavy atom. The van der Waals surface area contributed by atoms with Gasteiger partial charge in [0.1, 0.15) is 6.04 Å². The molecule has 1 atom stereocenters. The fourth-order valence-electron chi connectivity index (χ4n) is 0.851. The fraction of sp³-hybridized carbons (Fsp3) is 0.571. The predicted molar refractivity (Wildman–Crippen MR) is 45.8 cm³/mol. The zero-order chi connectivity index (χ0) is 9.84. The minimum atomic E-state index is -0.482. The number of rotatable bonds is 3. The summed E-state index contributed by atoms with van der Waals surface area (Å²) in [5, 5.41) is 7.22. The highest BCUT2D eigenvalue weighted by Gasteiger charge is 2.16. The van der Waals surface area contributed by atoms with E-state index in [1.807, 2.05) is 0 Å². The molecule has 1 aromatic heterocycles. The van der Waals surface area contributed by atoms with E-state index in [0.29, 0.717) is 6.61 Å². The molecule has 0 aliphatic carbocycles. The number of hydrogen-bond acceptors (Lipinski definition) is 5. The van der Waals surface area contributed by atoms with Crippen molar-refractivity contribution in [1.82, 2.24) is 15.0 Å². The van der Waals surface area contributed by atoms with Gasteiger partial charge in [-0.15, -0.1) is 5.10 Å². The van der Waals surface area contributed by atoms with Crippen molar-refractivity contribution in [3.63, 3.8) is 0 Å². The van der Waals surface area contributed by atoms with Gasteiger partial charge in [0, 0.05) is 0 Å². The molecule has 1 rings (SSSR count). The molecule has 0 saturated heterocycles. The minimum absolute atomic E-state index is 0.288. The lowest BCUT2D eigenvalue weighted by molar-refractivity contribution is -0.146. The van der Waals surface area contributed by atoms with Crippen molar-refractivity contribution in [2.45, 2.75) is 19.9 Å². The molecule has 6 nitrogen and oxygen atoms in total. The fourth-order valence-corrected chi connectivity index (χ4v) is 0.851. The first-order valence-corrected chi connectivity index (χ1v) is 3.99. The third kappa shape index (κ3) is 2.17. The molecule has 13 heavy (non-hydrogen) atoms. The first kappa shape index (κ1) is 9.50. The molecule has 0 aliphatic rings. The smallest absolute Gasteiger partial charge is 0.330 e. The van der Waals surface area contributed by atoms with Crippen LogP contribution in [0.2, 0.25) is 0 Å². The van der Waals surface area contributed by atoms with Gasteiger partial charge in [0.05, 0.1) is 12.8 Å². The molecule has 0 amide bonds. The quantitative estimate of drug-likeness (QED) is 0.668. The van der Waals surface area contributed by atoms with Crippen molar-refractivity contribution >= 4 is 11.8 Å². The van der Waals surface area contributed by atoms with Crippen molar-refractivity contribution in [2.75, 3.05) is 12.3 Å². The maximum atomic E-state index is 11.2. The molecule has 0 spiro atoms. The van der Waals surface area contributed by atoms with Gasteiger partial charge in [0.25, 0.3) is 0 Å². The summed E-state index contributed by atoms with van der Waals surface area (Å²) in [5.41, 5.74) is 5.34. The molecular formula is C7H12N4O2. The molecule has 1 heterocycles. The summed E-state index contributed by atoms with van der Waals surface area (Å²) >= 11 is 0. The van der Waals surface area contributed by atoms with Gasteiger partial charge in [-0.3, -0.25) is 0 Å². The number of nitrogen functional groups attached to an aromatic ring is 1. The molecule has 72 valence electrons. The van der Waals surface area contributed by atoms with Gasteiger partial charge < -0.3 is 10.5 Å². The summed E-state index contributed by atoms with van der Waals surface area (Å²) in [6.45, 7) is 3.78. The van der Waals surface area contributed by atoms with Gasteiger partial charge >= 0.3 is 5.97 Å². The average molecular weight is 184 g/mol. The SMILES string of the molecule is CCOC(=O)C(C)n1cc(N)nn1. The highest BCUT2D eigenvalue weighted by Crippen LogP contribution is 2.06. The van der Waals surface area contributed by atoms with E-state index < -0.39 is 6.04 Å². The third-order valence-electron chi connectivity index (χ3n) is 1.55. The number of nitrogens with zero attached hydrogens (tertiary/aromatic N) is 3. The van der Waals surface area contributed by atoms with E-state index in [1.165, 1.54) is 10.9 Å². The number of carbonyl (C=O) groups excluding carboxylic acids is 1. The summed E-state index contributed by atoms with van der Waals surface area (Å²) in [6.07, 6.45) is 1.49. The second-order valence-electron chi connectivity index (χ2n) is 2.55. The lowest BCUT2D eigenvalue weighted by atomic mass is 10.3. The van der Waals surface area contributed by atoms with Gasteiger partial charge in [-0.2, -0.15) is 0 Å². The highest BCUT2D eigenvalue weighted by atomic mass is 16.5. The Bertz CT molecular complexity index is 296. The van der Waals surface area contributed by atoms with E-state index in [2.05, 4.69) is 10.3 Å². The molecule has 0 radical (unpaired) electrons. The molecule has 0 aliphatic heterocycles. The normalized spacial score (nSPS) is 12.5. The summed E-state index contributed by atoms with van der Waals surface area (Å²) < 4.78 is 6.17. The monoisotopic (exact) mass is 184 g/mol. The van der Waals surface area contributed by atoms with Crippen LogP contribution in [-0.2, 0) is 9.53 Å². The van der Waals surface area contributed by atoms with Crippen LogP contribution in [0.3, 0.4) is 0 Å². The molecule has 1 aromatic rings. The van der Waals surface area contributed by atoms with Crippen molar-refractivity contribution < 1.29 is 9.53 Å². The molecule has 2 N–H and O–H groups in total. The van der Waals surface area contributed by atoms with Crippen LogP contribution in [-0.4, -0.2) is 27.6 Å². The van der Waals surface area contributed by atoms with Crippen LogP contribution in [0.15, 0.2) is 6.20 Å². The van der Waals surface area contributed by atoms with Crippen LogP contribution in [0.25, 0.3) is 0 Å². The van der Waals surface area contributed by atoms with Gasteiger partial charge in [-0.05, 0) is 13.8 Å². The lowest BCUT2D eigenvalue weighted by Gasteiger charge is -2.08. The zero-order valence-electron chi connectivity index (χ0n) is 7.60.